The molecule has 0 aliphatic rings. The Hall–Kier alpha value is -3.52. The summed E-state index contributed by atoms with van der Waals surface area (Å²) >= 11 is 1.59. The molecule has 0 aliphatic carbocycles. The van der Waals surface area contributed by atoms with E-state index >= 15 is 0 Å². The number of aryl methyl sites for hydroxylation is 3. The fourth-order valence-corrected chi connectivity index (χ4v) is 4.02. The number of anilines is 1. The highest BCUT2D eigenvalue weighted by Gasteiger charge is 2.20. The molecule has 4 aromatic rings. The zero-order valence-corrected chi connectivity index (χ0v) is 16.9. The van der Waals surface area contributed by atoms with E-state index < -0.39 is 5.91 Å². The number of pyridine rings is 1. The molecule has 29 heavy (non-hydrogen) atoms. The molecule has 0 bridgehead atoms. The van der Waals surface area contributed by atoms with Crippen LogP contribution in [-0.4, -0.2) is 22.0 Å². The van der Waals surface area contributed by atoms with E-state index in [9.17, 15) is 9.59 Å². The Morgan fingerprint density at radius 2 is 1.86 bits per heavy atom. The summed E-state index contributed by atoms with van der Waals surface area (Å²) in [5.41, 5.74) is 8.99. The second kappa shape index (κ2) is 7.14. The Kier molecular flexibility index (Phi) is 4.63. The van der Waals surface area contributed by atoms with Crippen LogP contribution >= 0.6 is 11.3 Å². The topological polar surface area (TPSA) is 111 Å². The SMILES string of the molecule is Cc1ccc(-c2cc(C(=O)Nc3ccc(C(N)=O)c(C)c3)c3c(C)noc3n2)s1. The van der Waals surface area contributed by atoms with Crippen LogP contribution in [0.15, 0.2) is 40.9 Å². The zero-order chi connectivity index (χ0) is 20.7. The first kappa shape index (κ1) is 18.8. The number of carbonyl (C=O) groups is 2. The second-order valence-corrected chi connectivity index (χ2v) is 8.05. The van der Waals surface area contributed by atoms with E-state index in [1.807, 2.05) is 19.1 Å². The summed E-state index contributed by atoms with van der Waals surface area (Å²) in [6, 6.07) is 10.7. The second-order valence-electron chi connectivity index (χ2n) is 6.76. The van der Waals surface area contributed by atoms with Crippen LogP contribution in [0.5, 0.6) is 0 Å². The first-order valence-electron chi connectivity index (χ1n) is 8.89. The summed E-state index contributed by atoms with van der Waals surface area (Å²) in [7, 11) is 0. The maximum atomic E-state index is 13.1. The number of primary amides is 1. The average molecular weight is 406 g/mol. The molecule has 7 nitrogen and oxygen atoms in total. The molecule has 0 fully saturated rings. The molecule has 4 rings (SSSR count). The molecule has 3 aromatic heterocycles. The molecule has 8 heteroatoms. The van der Waals surface area contributed by atoms with Gasteiger partial charge in [-0.25, -0.2) is 4.98 Å². The van der Waals surface area contributed by atoms with Crippen LogP contribution < -0.4 is 11.1 Å². The quantitative estimate of drug-likeness (QED) is 0.527. The van der Waals surface area contributed by atoms with E-state index in [4.69, 9.17) is 10.3 Å². The number of nitrogens with two attached hydrogens (primary N) is 1. The Morgan fingerprint density at radius 1 is 1.07 bits per heavy atom. The van der Waals surface area contributed by atoms with Gasteiger partial charge in [0.05, 0.1) is 27.2 Å². The molecule has 0 saturated carbocycles. The number of carbonyl (C=O) groups excluding carboxylic acids is 2. The van der Waals surface area contributed by atoms with E-state index in [2.05, 4.69) is 15.5 Å². The standard InChI is InChI=1S/C21H18N4O3S/c1-10-8-13(5-6-14(10)19(22)26)23-20(27)15-9-16(17-7-4-11(2)29-17)24-21-18(15)12(3)25-28-21/h4-9H,1-3H3,(H2,22,26)(H,23,27). The van der Waals surface area contributed by atoms with Crippen LogP contribution in [-0.2, 0) is 0 Å². The van der Waals surface area contributed by atoms with Crippen LogP contribution in [0.2, 0.25) is 0 Å². The fraction of sp³-hybridized carbons (Fsp3) is 0.143. The van der Waals surface area contributed by atoms with Crippen molar-refractivity contribution >= 4 is 39.9 Å². The largest absolute Gasteiger partial charge is 0.366 e. The van der Waals surface area contributed by atoms with Crippen molar-refractivity contribution in [2.24, 2.45) is 5.73 Å². The highest BCUT2D eigenvalue weighted by Crippen LogP contribution is 2.31. The number of hydrogen-bond acceptors (Lipinski definition) is 6. The van der Waals surface area contributed by atoms with Gasteiger partial charge in [-0.3, -0.25) is 9.59 Å². The third-order valence-corrected chi connectivity index (χ3v) is 5.63. The number of benzene rings is 1. The molecule has 0 saturated heterocycles. The van der Waals surface area contributed by atoms with Crippen molar-refractivity contribution in [2.45, 2.75) is 20.8 Å². The molecule has 0 unspecified atom stereocenters. The number of amides is 2. The molecular formula is C21H18N4O3S. The number of hydrogen-bond donors (Lipinski definition) is 2. The Balaban J connectivity index is 1.76. The average Bonchev–Trinajstić information content (AvgIpc) is 3.27. The van der Waals surface area contributed by atoms with Crippen molar-refractivity contribution in [2.75, 3.05) is 5.32 Å². The number of aromatic nitrogens is 2. The van der Waals surface area contributed by atoms with E-state index in [1.54, 1.807) is 49.4 Å². The van der Waals surface area contributed by atoms with Gasteiger partial charge < -0.3 is 15.6 Å². The highest BCUT2D eigenvalue weighted by molar-refractivity contribution is 7.15. The molecule has 3 heterocycles. The van der Waals surface area contributed by atoms with Gasteiger partial charge in [0.25, 0.3) is 11.6 Å². The van der Waals surface area contributed by atoms with Gasteiger partial charge in [-0.2, -0.15) is 0 Å². The van der Waals surface area contributed by atoms with E-state index in [-0.39, 0.29) is 5.91 Å². The van der Waals surface area contributed by atoms with Gasteiger partial charge in [0.15, 0.2) is 0 Å². The van der Waals surface area contributed by atoms with Gasteiger partial charge >= 0.3 is 0 Å². The van der Waals surface area contributed by atoms with Crippen LogP contribution in [0.25, 0.3) is 21.7 Å². The Labute approximate surface area is 170 Å². The van der Waals surface area contributed by atoms with Crippen molar-refractivity contribution in [3.63, 3.8) is 0 Å². The summed E-state index contributed by atoms with van der Waals surface area (Å²) in [6.45, 7) is 5.55. The van der Waals surface area contributed by atoms with Crippen molar-refractivity contribution in [3.05, 3.63) is 63.7 Å². The number of fused-ring (bicyclic) bond motifs is 1. The molecule has 1 aromatic carbocycles. The number of nitrogens with zero attached hydrogens (tertiary/aromatic N) is 2. The van der Waals surface area contributed by atoms with Crippen molar-refractivity contribution in [3.8, 4) is 10.6 Å². The monoisotopic (exact) mass is 406 g/mol. The summed E-state index contributed by atoms with van der Waals surface area (Å²) in [5, 5.41) is 7.41. The summed E-state index contributed by atoms with van der Waals surface area (Å²) < 4.78 is 5.33. The predicted molar refractivity (Wildman–Crippen MR) is 112 cm³/mol. The van der Waals surface area contributed by atoms with Crippen LogP contribution in [0.4, 0.5) is 5.69 Å². The number of thiophene rings is 1. The predicted octanol–water partition coefficient (Wildman–Crippen LogP) is 4.23. The highest BCUT2D eigenvalue weighted by atomic mass is 32.1. The maximum Gasteiger partial charge on any atom is 0.259 e. The van der Waals surface area contributed by atoms with E-state index in [0.29, 0.717) is 44.9 Å². The zero-order valence-electron chi connectivity index (χ0n) is 16.1. The summed E-state index contributed by atoms with van der Waals surface area (Å²) in [5.74, 6) is -0.823. The lowest BCUT2D eigenvalue weighted by atomic mass is 10.1. The Bertz CT molecular complexity index is 1270. The minimum Gasteiger partial charge on any atom is -0.366 e. The normalized spacial score (nSPS) is 11.0. The molecule has 146 valence electrons. The van der Waals surface area contributed by atoms with Crippen LogP contribution in [0.1, 0.15) is 36.9 Å². The lowest BCUT2D eigenvalue weighted by Gasteiger charge is -2.10. The molecule has 2 amide bonds. The smallest absolute Gasteiger partial charge is 0.259 e. The number of nitrogens with one attached hydrogen (secondary N) is 1. The Morgan fingerprint density at radius 3 is 2.52 bits per heavy atom. The third kappa shape index (κ3) is 3.50. The minimum atomic E-state index is -0.507. The van der Waals surface area contributed by atoms with E-state index in [0.717, 1.165) is 9.75 Å². The van der Waals surface area contributed by atoms with E-state index in [1.165, 1.54) is 0 Å². The number of rotatable bonds is 4. The summed E-state index contributed by atoms with van der Waals surface area (Å²) in [4.78, 5) is 31.1. The fourth-order valence-electron chi connectivity index (χ4n) is 3.19. The van der Waals surface area contributed by atoms with Gasteiger partial charge in [-0.1, -0.05) is 5.16 Å². The molecule has 0 atom stereocenters. The van der Waals surface area contributed by atoms with Crippen molar-refractivity contribution in [1.29, 1.82) is 0 Å². The van der Waals surface area contributed by atoms with Crippen molar-refractivity contribution in [1.82, 2.24) is 10.1 Å². The molecule has 3 N–H and O–H groups in total. The summed E-state index contributed by atoms with van der Waals surface area (Å²) in [6.07, 6.45) is 0. The lowest BCUT2D eigenvalue weighted by Crippen LogP contribution is -2.15. The van der Waals surface area contributed by atoms with Gasteiger partial charge in [-0.15, -0.1) is 11.3 Å². The molecule has 0 radical (unpaired) electrons. The van der Waals surface area contributed by atoms with Crippen molar-refractivity contribution < 1.29 is 14.1 Å². The van der Waals surface area contributed by atoms with Gasteiger partial charge in [-0.05, 0) is 62.7 Å². The van der Waals surface area contributed by atoms with Gasteiger partial charge in [0.1, 0.15) is 0 Å². The van der Waals surface area contributed by atoms with Crippen LogP contribution in [0, 0.1) is 20.8 Å². The first-order chi connectivity index (χ1) is 13.8. The van der Waals surface area contributed by atoms with Gasteiger partial charge in [0, 0.05) is 16.1 Å². The molecular weight excluding hydrogens is 388 g/mol. The van der Waals surface area contributed by atoms with Gasteiger partial charge in [0.2, 0.25) is 5.91 Å². The molecule has 0 aliphatic heterocycles. The molecule has 0 spiro atoms. The third-order valence-electron chi connectivity index (χ3n) is 4.60. The lowest BCUT2D eigenvalue weighted by molar-refractivity contribution is 0.0998. The minimum absolute atomic E-state index is 0.315. The first-order valence-corrected chi connectivity index (χ1v) is 9.71. The van der Waals surface area contributed by atoms with Crippen LogP contribution in [0.3, 0.4) is 0 Å². The maximum absolute atomic E-state index is 13.1.